The van der Waals surface area contributed by atoms with E-state index in [1.165, 1.54) is 5.56 Å². The van der Waals surface area contributed by atoms with Gasteiger partial charge >= 0.3 is 0 Å². The maximum Gasteiger partial charge on any atom is 0.281 e. The van der Waals surface area contributed by atoms with Crippen LogP contribution in [0, 0.1) is 0 Å². The molecule has 3 aliphatic rings. The zero-order valence-corrected chi connectivity index (χ0v) is 15.7. The van der Waals surface area contributed by atoms with Gasteiger partial charge < -0.3 is 0 Å². The van der Waals surface area contributed by atoms with Crippen molar-refractivity contribution in [2.24, 2.45) is 0 Å². The van der Waals surface area contributed by atoms with Crippen LogP contribution in [0.2, 0.25) is 0 Å². The fourth-order valence-electron chi connectivity index (χ4n) is 4.48. The third kappa shape index (κ3) is 2.64. The molecule has 4 heterocycles. The molecule has 0 N–H and O–H groups in total. The molecule has 9 heteroatoms. The van der Waals surface area contributed by atoms with Crippen molar-refractivity contribution >= 4 is 15.9 Å². The molecular formula is C17H24N6O2S. The molecule has 140 valence electrons. The van der Waals surface area contributed by atoms with Gasteiger partial charge in [0, 0.05) is 32.1 Å². The molecule has 2 fully saturated rings. The molecular weight excluding hydrogens is 352 g/mol. The number of hydrogen-bond donors (Lipinski definition) is 0. The first-order chi connectivity index (χ1) is 12.6. The summed E-state index contributed by atoms with van der Waals surface area (Å²) >= 11 is 0. The summed E-state index contributed by atoms with van der Waals surface area (Å²) in [5.41, 5.74) is 3.27. The SMILES string of the molecule is O=S(=O)(N1CCCC1)N1CCC(c2nnc3cc4c(nn23)CCC4)CC1. The van der Waals surface area contributed by atoms with Crippen molar-refractivity contribution in [3.05, 3.63) is 23.1 Å². The molecule has 0 unspecified atom stereocenters. The Labute approximate surface area is 153 Å². The number of nitrogens with zero attached hydrogens (tertiary/aromatic N) is 6. The van der Waals surface area contributed by atoms with Crippen molar-refractivity contribution in [3.8, 4) is 0 Å². The van der Waals surface area contributed by atoms with Gasteiger partial charge in [0.25, 0.3) is 10.2 Å². The lowest BCUT2D eigenvalue weighted by molar-refractivity contribution is 0.290. The van der Waals surface area contributed by atoms with E-state index in [1.54, 1.807) is 8.61 Å². The summed E-state index contributed by atoms with van der Waals surface area (Å²) < 4.78 is 30.6. The molecule has 2 aliphatic heterocycles. The lowest BCUT2D eigenvalue weighted by atomic mass is 9.97. The Morgan fingerprint density at radius 3 is 2.42 bits per heavy atom. The molecule has 0 amide bonds. The number of fused-ring (bicyclic) bond motifs is 2. The summed E-state index contributed by atoms with van der Waals surface area (Å²) in [7, 11) is -3.30. The third-order valence-electron chi connectivity index (χ3n) is 5.98. The Morgan fingerprint density at radius 2 is 1.65 bits per heavy atom. The molecule has 2 saturated heterocycles. The van der Waals surface area contributed by atoms with Gasteiger partial charge in [0.05, 0.1) is 5.69 Å². The Morgan fingerprint density at radius 1 is 0.923 bits per heavy atom. The van der Waals surface area contributed by atoms with E-state index in [0.717, 1.165) is 62.1 Å². The molecule has 0 bridgehead atoms. The highest BCUT2D eigenvalue weighted by atomic mass is 32.2. The minimum atomic E-state index is -3.30. The molecule has 2 aromatic rings. The zero-order chi connectivity index (χ0) is 17.7. The van der Waals surface area contributed by atoms with Crippen molar-refractivity contribution < 1.29 is 8.42 Å². The highest BCUT2D eigenvalue weighted by molar-refractivity contribution is 7.86. The van der Waals surface area contributed by atoms with Crippen molar-refractivity contribution in [1.82, 2.24) is 28.4 Å². The van der Waals surface area contributed by atoms with Crippen LogP contribution in [0.15, 0.2) is 6.07 Å². The number of aryl methyl sites for hydroxylation is 2. The zero-order valence-electron chi connectivity index (χ0n) is 14.8. The van der Waals surface area contributed by atoms with Crippen LogP contribution in [0.5, 0.6) is 0 Å². The number of hydrogen-bond acceptors (Lipinski definition) is 5. The van der Waals surface area contributed by atoms with Crippen molar-refractivity contribution in [1.29, 1.82) is 0 Å². The molecule has 0 atom stereocenters. The molecule has 5 rings (SSSR count). The minimum absolute atomic E-state index is 0.210. The predicted molar refractivity (Wildman–Crippen MR) is 96.1 cm³/mol. The number of piperidine rings is 1. The highest BCUT2D eigenvalue weighted by Crippen LogP contribution is 2.30. The fraction of sp³-hybridized carbons (Fsp3) is 0.706. The Balaban J connectivity index is 1.35. The molecule has 26 heavy (non-hydrogen) atoms. The smallest absolute Gasteiger partial charge is 0.197 e. The van der Waals surface area contributed by atoms with E-state index in [2.05, 4.69) is 16.3 Å². The standard InChI is InChI=1S/C17H24N6O2S/c24-26(25,21-8-1-2-9-21)22-10-6-13(7-11-22)17-19-18-16-12-14-4-3-5-15(14)20-23(16)17/h12-13H,1-11H2. The maximum absolute atomic E-state index is 12.7. The summed E-state index contributed by atoms with van der Waals surface area (Å²) in [5.74, 6) is 1.09. The number of rotatable bonds is 3. The maximum atomic E-state index is 12.7. The van der Waals surface area contributed by atoms with Crippen molar-refractivity contribution in [2.45, 2.75) is 50.9 Å². The first kappa shape index (κ1) is 16.6. The van der Waals surface area contributed by atoms with Gasteiger partial charge in [-0.3, -0.25) is 0 Å². The van der Waals surface area contributed by atoms with Gasteiger partial charge in [-0.05, 0) is 56.6 Å². The molecule has 0 radical (unpaired) electrons. The van der Waals surface area contributed by atoms with E-state index in [9.17, 15) is 8.42 Å². The van der Waals surface area contributed by atoms with Gasteiger partial charge in [-0.15, -0.1) is 10.2 Å². The van der Waals surface area contributed by atoms with Crippen LogP contribution in [0.4, 0.5) is 0 Å². The molecule has 0 aromatic carbocycles. The summed E-state index contributed by atoms with van der Waals surface area (Å²) in [6.45, 7) is 2.41. The van der Waals surface area contributed by atoms with Crippen molar-refractivity contribution in [3.63, 3.8) is 0 Å². The van der Waals surface area contributed by atoms with Crippen LogP contribution < -0.4 is 0 Å². The largest absolute Gasteiger partial charge is 0.281 e. The quantitative estimate of drug-likeness (QED) is 0.802. The van der Waals surface area contributed by atoms with Crippen molar-refractivity contribution in [2.75, 3.05) is 26.2 Å². The Kier molecular flexibility index (Phi) is 3.98. The predicted octanol–water partition coefficient (Wildman–Crippen LogP) is 1.13. The summed E-state index contributed by atoms with van der Waals surface area (Å²) in [4.78, 5) is 0. The summed E-state index contributed by atoms with van der Waals surface area (Å²) in [6.07, 6.45) is 6.74. The second-order valence-corrected chi connectivity index (χ2v) is 9.51. The second kappa shape index (κ2) is 6.24. The second-order valence-electron chi connectivity index (χ2n) is 7.59. The van der Waals surface area contributed by atoms with Gasteiger partial charge in [-0.2, -0.15) is 26.6 Å². The van der Waals surface area contributed by atoms with Crippen LogP contribution in [-0.4, -0.2) is 63.0 Å². The van der Waals surface area contributed by atoms with E-state index in [1.807, 2.05) is 4.52 Å². The monoisotopic (exact) mass is 376 g/mol. The van der Waals surface area contributed by atoms with Crippen LogP contribution in [0.25, 0.3) is 5.65 Å². The topological polar surface area (TPSA) is 83.7 Å². The highest BCUT2D eigenvalue weighted by Gasteiger charge is 2.35. The van der Waals surface area contributed by atoms with E-state index >= 15 is 0 Å². The first-order valence-electron chi connectivity index (χ1n) is 9.62. The average molecular weight is 376 g/mol. The lowest BCUT2D eigenvalue weighted by Crippen LogP contribution is -2.46. The fourth-order valence-corrected chi connectivity index (χ4v) is 6.19. The van der Waals surface area contributed by atoms with E-state index in [0.29, 0.717) is 26.2 Å². The molecule has 0 saturated carbocycles. The van der Waals surface area contributed by atoms with Gasteiger partial charge in [0.1, 0.15) is 0 Å². The van der Waals surface area contributed by atoms with Gasteiger partial charge in [-0.25, -0.2) is 0 Å². The average Bonchev–Trinajstić information content (AvgIpc) is 3.39. The van der Waals surface area contributed by atoms with E-state index in [4.69, 9.17) is 5.10 Å². The lowest BCUT2D eigenvalue weighted by Gasteiger charge is -2.32. The third-order valence-corrected chi connectivity index (χ3v) is 8.02. The minimum Gasteiger partial charge on any atom is -0.197 e. The van der Waals surface area contributed by atoms with Gasteiger partial charge in [0.2, 0.25) is 0 Å². The van der Waals surface area contributed by atoms with Crippen LogP contribution in [-0.2, 0) is 23.1 Å². The van der Waals surface area contributed by atoms with Gasteiger partial charge in [0.15, 0.2) is 11.5 Å². The van der Waals surface area contributed by atoms with Crippen LogP contribution in [0.1, 0.15) is 55.1 Å². The van der Waals surface area contributed by atoms with Gasteiger partial charge in [-0.1, -0.05) is 0 Å². The molecule has 1 aliphatic carbocycles. The van der Waals surface area contributed by atoms with Crippen LogP contribution >= 0.6 is 0 Å². The van der Waals surface area contributed by atoms with E-state index in [-0.39, 0.29) is 5.92 Å². The Bertz CT molecular complexity index is 926. The summed E-state index contributed by atoms with van der Waals surface area (Å²) in [6, 6.07) is 2.11. The number of aromatic nitrogens is 4. The van der Waals surface area contributed by atoms with Crippen LogP contribution in [0.3, 0.4) is 0 Å². The summed E-state index contributed by atoms with van der Waals surface area (Å²) in [5, 5.41) is 13.5. The molecule has 2 aromatic heterocycles. The first-order valence-corrected chi connectivity index (χ1v) is 11.0. The molecule has 8 nitrogen and oxygen atoms in total. The normalized spacial score (nSPS) is 23.1. The van der Waals surface area contributed by atoms with E-state index < -0.39 is 10.2 Å². The molecule has 0 spiro atoms. The Hall–Kier alpha value is -1.58.